The molecule has 2 N–H and O–H groups in total. The second kappa shape index (κ2) is 4.96. The van der Waals surface area contributed by atoms with Gasteiger partial charge in [0.05, 0.1) is 12.0 Å². The Morgan fingerprint density at radius 2 is 2.12 bits per heavy atom. The summed E-state index contributed by atoms with van der Waals surface area (Å²) in [7, 11) is 0. The summed E-state index contributed by atoms with van der Waals surface area (Å²) in [5, 5.41) is 15.6. The first-order valence-electron chi connectivity index (χ1n) is 5.22. The van der Waals surface area contributed by atoms with Crippen molar-refractivity contribution in [3.8, 4) is 0 Å². The van der Waals surface area contributed by atoms with Gasteiger partial charge in [0.15, 0.2) is 0 Å². The van der Waals surface area contributed by atoms with Crippen LogP contribution < -0.4 is 15.7 Å². The van der Waals surface area contributed by atoms with Crippen LogP contribution in [0.5, 0.6) is 0 Å². The normalized spacial score (nSPS) is 21.7. The van der Waals surface area contributed by atoms with Crippen molar-refractivity contribution in [1.82, 2.24) is 10.6 Å². The van der Waals surface area contributed by atoms with Crippen LogP contribution in [0.15, 0.2) is 0 Å². The summed E-state index contributed by atoms with van der Waals surface area (Å²) < 4.78 is 0. The highest BCUT2D eigenvalue weighted by Crippen LogP contribution is 2.08. The molecule has 0 aliphatic carbocycles. The fourth-order valence-corrected chi connectivity index (χ4v) is 1.56. The quantitative estimate of drug-likeness (QED) is 0.589. The van der Waals surface area contributed by atoms with Crippen molar-refractivity contribution in [2.45, 2.75) is 38.8 Å². The highest BCUT2D eigenvalue weighted by atomic mass is 16.4. The van der Waals surface area contributed by atoms with Gasteiger partial charge < -0.3 is 20.5 Å². The van der Waals surface area contributed by atoms with Crippen LogP contribution >= 0.6 is 0 Å². The summed E-state index contributed by atoms with van der Waals surface area (Å²) >= 11 is 0. The molecule has 0 aromatic rings. The molecule has 1 saturated heterocycles. The fourth-order valence-electron chi connectivity index (χ4n) is 1.56. The summed E-state index contributed by atoms with van der Waals surface area (Å²) in [6.07, 6.45) is 0.707. The van der Waals surface area contributed by atoms with Gasteiger partial charge in [-0.2, -0.15) is 0 Å². The van der Waals surface area contributed by atoms with E-state index >= 15 is 0 Å². The molecule has 0 spiro atoms. The molecule has 2 atom stereocenters. The van der Waals surface area contributed by atoms with Crippen molar-refractivity contribution < 1.29 is 19.5 Å². The molecule has 6 heteroatoms. The number of aliphatic carboxylic acids is 1. The van der Waals surface area contributed by atoms with Gasteiger partial charge >= 0.3 is 0 Å². The molecule has 2 amide bonds. The summed E-state index contributed by atoms with van der Waals surface area (Å²) in [6, 6.07) is -1.64. The summed E-state index contributed by atoms with van der Waals surface area (Å²) in [5.74, 6) is -2.22. The minimum absolute atomic E-state index is 0.185. The van der Waals surface area contributed by atoms with E-state index in [-0.39, 0.29) is 11.8 Å². The fraction of sp³-hybridized carbons (Fsp3) is 0.700. The van der Waals surface area contributed by atoms with Gasteiger partial charge in [-0.1, -0.05) is 13.8 Å². The third-order valence-corrected chi connectivity index (χ3v) is 2.53. The van der Waals surface area contributed by atoms with Crippen LogP contribution in [0.2, 0.25) is 0 Å². The zero-order valence-electron chi connectivity index (χ0n) is 9.28. The molecule has 0 saturated carbocycles. The number of carboxylic acid groups (broad SMARTS) is 1. The molecule has 1 fully saturated rings. The van der Waals surface area contributed by atoms with Crippen molar-refractivity contribution in [3.05, 3.63) is 0 Å². The Morgan fingerprint density at radius 3 is 2.50 bits per heavy atom. The maximum absolute atomic E-state index is 11.6. The van der Waals surface area contributed by atoms with Crippen molar-refractivity contribution in [2.24, 2.45) is 5.92 Å². The number of amides is 2. The molecule has 1 heterocycles. The number of rotatable bonds is 4. The third-order valence-electron chi connectivity index (χ3n) is 2.53. The van der Waals surface area contributed by atoms with Crippen LogP contribution in [0, 0.1) is 5.92 Å². The van der Waals surface area contributed by atoms with Crippen LogP contribution in [0.4, 0.5) is 0 Å². The Bertz CT molecular complexity index is 314. The zero-order valence-corrected chi connectivity index (χ0v) is 9.28. The van der Waals surface area contributed by atoms with Gasteiger partial charge in [-0.15, -0.1) is 0 Å². The molecule has 1 unspecified atom stereocenters. The van der Waals surface area contributed by atoms with Gasteiger partial charge in [0.25, 0.3) is 0 Å². The molecule has 6 nitrogen and oxygen atoms in total. The Morgan fingerprint density at radius 1 is 1.50 bits per heavy atom. The lowest BCUT2D eigenvalue weighted by Crippen LogP contribution is -2.54. The van der Waals surface area contributed by atoms with Gasteiger partial charge in [-0.05, 0) is 12.3 Å². The monoisotopic (exact) mass is 227 g/mol. The molecular formula is C10H15N2O4-. The van der Waals surface area contributed by atoms with E-state index in [2.05, 4.69) is 10.6 Å². The lowest BCUT2D eigenvalue weighted by atomic mass is 10.0. The molecule has 0 bridgehead atoms. The SMILES string of the molecule is CC(C)C(NC(=O)[C@@H]1CCC(=O)N1)C(=O)[O-]. The van der Waals surface area contributed by atoms with E-state index in [1.165, 1.54) is 0 Å². The highest BCUT2D eigenvalue weighted by molar-refractivity contribution is 5.92. The molecule has 1 rings (SSSR count). The average Bonchev–Trinajstić information content (AvgIpc) is 2.59. The smallest absolute Gasteiger partial charge is 0.243 e. The van der Waals surface area contributed by atoms with Crippen molar-refractivity contribution >= 4 is 17.8 Å². The topological polar surface area (TPSA) is 98.3 Å². The summed E-state index contributed by atoms with van der Waals surface area (Å²) in [5.41, 5.74) is 0. The lowest BCUT2D eigenvalue weighted by molar-refractivity contribution is -0.309. The number of carbonyl (C=O) groups is 3. The predicted molar refractivity (Wildman–Crippen MR) is 52.9 cm³/mol. The summed E-state index contributed by atoms with van der Waals surface area (Å²) in [6.45, 7) is 3.35. The highest BCUT2D eigenvalue weighted by Gasteiger charge is 2.29. The van der Waals surface area contributed by atoms with E-state index in [0.29, 0.717) is 12.8 Å². The molecule has 0 aromatic carbocycles. The second-order valence-electron chi connectivity index (χ2n) is 4.21. The van der Waals surface area contributed by atoms with Crippen molar-refractivity contribution in [1.29, 1.82) is 0 Å². The van der Waals surface area contributed by atoms with Gasteiger partial charge in [0.1, 0.15) is 6.04 Å². The minimum Gasteiger partial charge on any atom is -0.548 e. The van der Waals surface area contributed by atoms with Crippen LogP contribution in [0.3, 0.4) is 0 Å². The molecule has 1 aliphatic rings. The van der Waals surface area contributed by atoms with E-state index in [1.54, 1.807) is 13.8 Å². The Labute approximate surface area is 93.4 Å². The molecule has 0 aromatic heterocycles. The average molecular weight is 227 g/mol. The lowest BCUT2D eigenvalue weighted by Gasteiger charge is -2.24. The van der Waals surface area contributed by atoms with Crippen LogP contribution in [-0.4, -0.2) is 29.9 Å². The van der Waals surface area contributed by atoms with E-state index in [0.717, 1.165) is 0 Å². The van der Waals surface area contributed by atoms with Crippen molar-refractivity contribution in [3.63, 3.8) is 0 Å². The van der Waals surface area contributed by atoms with Gasteiger partial charge in [0.2, 0.25) is 11.8 Å². The number of hydrogen-bond donors (Lipinski definition) is 2. The standard InChI is InChI=1S/C10H16N2O4/c1-5(2)8(10(15)16)12-9(14)6-3-4-7(13)11-6/h5-6,8H,3-4H2,1-2H3,(H,11,13)(H,12,14)(H,15,16)/p-1/t6-,8?/m0/s1. The molecule has 0 radical (unpaired) electrons. The Balaban J connectivity index is 2.55. The minimum atomic E-state index is -1.31. The molecule has 16 heavy (non-hydrogen) atoms. The van der Waals surface area contributed by atoms with Gasteiger partial charge in [-0.3, -0.25) is 9.59 Å². The Kier molecular flexibility index (Phi) is 3.87. The first kappa shape index (κ1) is 12.5. The molecular weight excluding hydrogens is 212 g/mol. The van der Waals surface area contributed by atoms with Gasteiger partial charge in [0, 0.05) is 6.42 Å². The third kappa shape index (κ3) is 2.95. The zero-order chi connectivity index (χ0) is 12.3. The van der Waals surface area contributed by atoms with E-state index in [9.17, 15) is 19.5 Å². The molecule has 90 valence electrons. The van der Waals surface area contributed by atoms with E-state index in [1.807, 2.05) is 0 Å². The van der Waals surface area contributed by atoms with Crippen LogP contribution in [0.25, 0.3) is 0 Å². The Hall–Kier alpha value is -1.59. The largest absolute Gasteiger partial charge is 0.548 e. The van der Waals surface area contributed by atoms with Crippen molar-refractivity contribution in [2.75, 3.05) is 0 Å². The molecule has 1 aliphatic heterocycles. The van der Waals surface area contributed by atoms with Crippen LogP contribution in [0.1, 0.15) is 26.7 Å². The van der Waals surface area contributed by atoms with Crippen LogP contribution in [-0.2, 0) is 14.4 Å². The van der Waals surface area contributed by atoms with Gasteiger partial charge in [-0.25, -0.2) is 0 Å². The van der Waals surface area contributed by atoms with E-state index in [4.69, 9.17) is 0 Å². The first-order chi connectivity index (χ1) is 7.41. The number of carboxylic acids is 1. The maximum Gasteiger partial charge on any atom is 0.243 e. The first-order valence-corrected chi connectivity index (χ1v) is 5.22. The predicted octanol–water partition coefficient (Wildman–Crippen LogP) is -1.84. The second-order valence-corrected chi connectivity index (χ2v) is 4.21. The maximum atomic E-state index is 11.6. The number of carbonyl (C=O) groups excluding carboxylic acids is 3. The number of hydrogen-bond acceptors (Lipinski definition) is 4. The van der Waals surface area contributed by atoms with E-state index < -0.39 is 24.0 Å². The number of nitrogens with one attached hydrogen (secondary N) is 2. The summed E-state index contributed by atoms with van der Waals surface area (Å²) in [4.78, 5) is 33.2.